The van der Waals surface area contributed by atoms with Crippen LogP contribution in [0.25, 0.3) is 0 Å². The zero-order valence-corrected chi connectivity index (χ0v) is 11.6. The average molecular weight is 274 g/mol. The number of halogens is 2. The summed E-state index contributed by atoms with van der Waals surface area (Å²) in [6.45, 7) is 4.31. The Balaban J connectivity index is 2.25. The molecule has 0 spiro atoms. The Morgan fingerprint density at radius 3 is 2.53 bits per heavy atom. The highest BCUT2D eigenvalue weighted by Crippen LogP contribution is 2.33. The number of rotatable bonds is 2. The maximum Gasteiger partial charge on any atom is 0.149 e. The normalized spacial score (nSPS) is 17.3. The summed E-state index contributed by atoms with van der Waals surface area (Å²) < 4.78 is 0. The first-order valence-electron chi connectivity index (χ1n) is 5.90. The Morgan fingerprint density at radius 1 is 1.29 bits per heavy atom. The van der Waals surface area contributed by atoms with Crippen molar-refractivity contribution in [2.75, 3.05) is 30.4 Å². The van der Waals surface area contributed by atoms with Gasteiger partial charge in [-0.1, -0.05) is 30.1 Å². The van der Waals surface area contributed by atoms with E-state index >= 15 is 0 Å². The van der Waals surface area contributed by atoms with Crippen molar-refractivity contribution in [2.45, 2.75) is 19.8 Å². The second-order valence-electron chi connectivity index (χ2n) is 4.54. The highest BCUT2D eigenvalue weighted by atomic mass is 35.5. The SMILES string of the molecule is CNc1nc(N2CCC(C)CC2)c(Cl)cc1Cl. The zero-order valence-electron chi connectivity index (χ0n) is 10.1. The van der Waals surface area contributed by atoms with Crippen molar-refractivity contribution in [1.82, 2.24) is 4.98 Å². The highest BCUT2D eigenvalue weighted by molar-refractivity contribution is 6.37. The smallest absolute Gasteiger partial charge is 0.149 e. The fraction of sp³-hybridized carbons (Fsp3) is 0.583. The summed E-state index contributed by atoms with van der Waals surface area (Å²) in [4.78, 5) is 6.73. The van der Waals surface area contributed by atoms with Crippen LogP contribution in [0.2, 0.25) is 10.0 Å². The van der Waals surface area contributed by atoms with Gasteiger partial charge in [-0.25, -0.2) is 4.98 Å². The van der Waals surface area contributed by atoms with Crippen LogP contribution in [-0.2, 0) is 0 Å². The number of piperidine rings is 1. The van der Waals surface area contributed by atoms with Crippen molar-refractivity contribution < 1.29 is 0 Å². The molecular formula is C12H17Cl2N3. The molecule has 1 aliphatic rings. The molecule has 1 aromatic rings. The minimum atomic E-state index is 0.562. The topological polar surface area (TPSA) is 28.2 Å². The molecule has 0 atom stereocenters. The second kappa shape index (κ2) is 5.32. The molecule has 0 saturated carbocycles. The molecule has 17 heavy (non-hydrogen) atoms. The number of nitrogens with one attached hydrogen (secondary N) is 1. The Hall–Kier alpha value is -0.670. The lowest BCUT2D eigenvalue weighted by atomic mass is 9.99. The summed E-state index contributed by atoms with van der Waals surface area (Å²) >= 11 is 12.2. The summed E-state index contributed by atoms with van der Waals surface area (Å²) in [5.41, 5.74) is 0. The minimum Gasteiger partial charge on any atom is -0.372 e. The maximum atomic E-state index is 6.21. The molecule has 0 bridgehead atoms. The van der Waals surface area contributed by atoms with Crippen molar-refractivity contribution >= 4 is 34.8 Å². The van der Waals surface area contributed by atoms with Crippen LogP contribution in [0.1, 0.15) is 19.8 Å². The first kappa shape index (κ1) is 12.8. The zero-order chi connectivity index (χ0) is 12.4. The second-order valence-corrected chi connectivity index (χ2v) is 5.36. The largest absolute Gasteiger partial charge is 0.372 e. The lowest BCUT2D eigenvalue weighted by Gasteiger charge is -2.32. The Labute approximate surface area is 112 Å². The number of anilines is 2. The van der Waals surface area contributed by atoms with E-state index in [9.17, 15) is 0 Å². The first-order valence-corrected chi connectivity index (χ1v) is 6.66. The van der Waals surface area contributed by atoms with E-state index in [0.29, 0.717) is 15.9 Å². The first-order chi connectivity index (χ1) is 8.11. The van der Waals surface area contributed by atoms with E-state index in [0.717, 1.165) is 24.8 Å². The molecule has 0 aliphatic carbocycles. The molecule has 1 fully saturated rings. The van der Waals surface area contributed by atoms with Crippen molar-refractivity contribution in [3.63, 3.8) is 0 Å². The third kappa shape index (κ3) is 2.78. The van der Waals surface area contributed by atoms with E-state index in [1.54, 1.807) is 6.07 Å². The molecule has 1 aromatic heterocycles. The Morgan fingerprint density at radius 2 is 1.94 bits per heavy atom. The molecular weight excluding hydrogens is 257 g/mol. The van der Waals surface area contributed by atoms with Gasteiger partial charge in [0.15, 0.2) is 0 Å². The van der Waals surface area contributed by atoms with Crippen molar-refractivity contribution in [3.05, 3.63) is 16.1 Å². The molecule has 0 radical (unpaired) electrons. The minimum absolute atomic E-state index is 0.562. The van der Waals surface area contributed by atoms with Gasteiger partial charge >= 0.3 is 0 Å². The van der Waals surface area contributed by atoms with Crippen molar-refractivity contribution in [1.29, 1.82) is 0 Å². The molecule has 1 N–H and O–H groups in total. The highest BCUT2D eigenvalue weighted by Gasteiger charge is 2.20. The molecule has 0 aromatic carbocycles. The number of pyridine rings is 1. The number of hydrogen-bond donors (Lipinski definition) is 1. The molecule has 2 heterocycles. The number of aromatic nitrogens is 1. The van der Waals surface area contributed by atoms with Gasteiger partial charge in [-0.3, -0.25) is 0 Å². The lowest BCUT2D eigenvalue weighted by Crippen LogP contribution is -2.33. The van der Waals surface area contributed by atoms with Gasteiger partial charge in [-0.05, 0) is 24.8 Å². The van der Waals surface area contributed by atoms with E-state index in [2.05, 4.69) is 22.1 Å². The van der Waals surface area contributed by atoms with Crippen LogP contribution in [0.5, 0.6) is 0 Å². The fourth-order valence-electron chi connectivity index (χ4n) is 2.07. The van der Waals surface area contributed by atoms with Gasteiger partial charge in [0.25, 0.3) is 0 Å². The van der Waals surface area contributed by atoms with Gasteiger partial charge in [-0.15, -0.1) is 0 Å². The van der Waals surface area contributed by atoms with Gasteiger partial charge in [-0.2, -0.15) is 0 Å². The summed E-state index contributed by atoms with van der Waals surface area (Å²) in [5, 5.41) is 4.17. The summed E-state index contributed by atoms with van der Waals surface area (Å²) in [7, 11) is 1.81. The van der Waals surface area contributed by atoms with Gasteiger partial charge in [0, 0.05) is 20.1 Å². The van der Waals surface area contributed by atoms with Crippen LogP contribution in [-0.4, -0.2) is 25.1 Å². The molecule has 2 rings (SSSR count). The summed E-state index contributed by atoms with van der Waals surface area (Å²) in [6, 6.07) is 1.76. The third-order valence-electron chi connectivity index (χ3n) is 3.23. The fourth-order valence-corrected chi connectivity index (χ4v) is 2.65. The van der Waals surface area contributed by atoms with Crippen LogP contribution in [0.15, 0.2) is 6.07 Å². The molecule has 0 unspecified atom stereocenters. The Kier molecular flexibility index (Phi) is 4.00. The van der Waals surface area contributed by atoms with Crippen molar-refractivity contribution in [3.8, 4) is 0 Å². The summed E-state index contributed by atoms with van der Waals surface area (Å²) in [5.74, 6) is 2.32. The van der Waals surface area contributed by atoms with Gasteiger partial charge in [0.2, 0.25) is 0 Å². The van der Waals surface area contributed by atoms with Gasteiger partial charge in [0.1, 0.15) is 11.6 Å². The predicted octanol–water partition coefficient (Wildman–Crippen LogP) is 3.67. The lowest BCUT2D eigenvalue weighted by molar-refractivity contribution is 0.437. The van der Waals surface area contributed by atoms with Crippen molar-refractivity contribution in [2.24, 2.45) is 5.92 Å². The van der Waals surface area contributed by atoms with E-state index < -0.39 is 0 Å². The standard InChI is InChI=1S/C12H17Cl2N3/c1-8-3-5-17(6-4-8)12-10(14)7-9(13)11(15-2)16-12/h7-8H,3-6H2,1-2H3,(H,15,16). The number of hydrogen-bond acceptors (Lipinski definition) is 3. The average Bonchev–Trinajstić information content (AvgIpc) is 2.31. The summed E-state index contributed by atoms with van der Waals surface area (Å²) in [6.07, 6.45) is 2.38. The van der Waals surface area contributed by atoms with Crippen LogP contribution < -0.4 is 10.2 Å². The van der Waals surface area contributed by atoms with E-state index in [4.69, 9.17) is 23.2 Å². The maximum absolute atomic E-state index is 6.21. The monoisotopic (exact) mass is 273 g/mol. The molecule has 3 nitrogen and oxygen atoms in total. The third-order valence-corrected chi connectivity index (χ3v) is 3.80. The van der Waals surface area contributed by atoms with E-state index in [1.807, 2.05) is 7.05 Å². The quantitative estimate of drug-likeness (QED) is 0.891. The van der Waals surface area contributed by atoms with Gasteiger partial charge < -0.3 is 10.2 Å². The van der Waals surface area contributed by atoms with Crippen LogP contribution in [0.4, 0.5) is 11.6 Å². The Bertz CT molecular complexity index is 401. The molecule has 1 saturated heterocycles. The molecule has 5 heteroatoms. The van der Waals surface area contributed by atoms with Crippen LogP contribution in [0, 0.1) is 5.92 Å². The van der Waals surface area contributed by atoms with Crippen LogP contribution >= 0.6 is 23.2 Å². The van der Waals surface area contributed by atoms with Gasteiger partial charge in [0.05, 0.1) is 10.0 Å². The molecule has 94 valence electrons. The van der Waals surface area contributed by atoms with E-state index in [-0.39, 0.29) is 0 Å². The van der Waals surface area contributed by atoms with E-state index in [1.165, 1.54) is 12.8 Å². The predicted molar refractivity (Wildman–Crippen MR) is 74.4 cm³/mol. The van der Waals surface area contributed by atoms with Crippen LogP contribution in [0.3, 0.4) is 0 Å². The molecule has 1 aliphatic heterocycles. The number of nitrogens with zero attached hydrogens (tertiary/aromatic N) is 2. The molecule has 0 amide bonds.